The lowest BCUT2D eigenvalue weighted by molar-refractivity contribution is 0.274. The van der Waals surface area contributed by atoms with Gasteiger partial charge in [-0.25, -0.2) is 0 Å². The molecule has 6 nitrogen and oxygen atoms in total. The van der Waals surface area contributed by atoms with Gasteiger partial charge in [0.2, 0.25) is 5.75 Å². The lowest BCUT2D eigenvalue weighted by Crippen LogP contribution is -2.26. The van der Waals surface area contributed by atoms with Gasteiger partial charge in [-0.2, -0.15) is 0 Å². The standard InChI is InChI=1S/C32H38N2O4/c1-6-34(21-25-12-8-7-11-22(25)2)20-10-9-19-33(4)26-15-13-24(14-16-26)30-23(3)29(36)27-17-18-28(35)32(37-5)31(27)38-30/h7-8,11-18,35H,6,9-10,19-21H2,1-5H3. The number of rotatable bonds is 11. The number of benzene rings is 3. The first-order valence-electron chi connectivity index (χ1n) is 13.3. The van der Waals surface area contributed by atoms with Crippen molar-refractivity contribution < 1.29 is 14.3 Å². The average molecular weight is 515 g/mol. The summed E-state index contributed by atoms with van der Waals surface area (Å²) in [6.45, 7) is 10.2. The predicted molar refractivity (Wildman–Crippen MR) is 156 cm³/mol. The van der Waals surface area contributed by atoms with E-state index in [9.17, 15) is 9.90 Å². The van der Waals surface area contributed by atoms with E-state index < -0.39 is 0 Å². The molecule has 0 aliphatic carbocycles. The summed E-state index contributed by atoms with van der Waals surface area (Å²) in [6.07, 6.45) is 2.24. The third-order valence-electron chi connectivity index (χ3n) is 7.32. The highest BCUT2D eigenvalue weighted by Crippen LogP contribution is 2.36. The van der Waals surface area contributed by atoms with Gasteiger partial charge in [-0.15, -0.1) is 0 Å². The Kier molecular flexibility index (Phi) is 8.74. The fourth-order valence-electron chi connectivity index (χ4n) is 4.85. The van der Waals surface area contributed by atoms with Crippen molar-refractivity contribution in [3.8, 4) is 22.8 Å². The number of phenols is 1. The van der Waals surface area contributed by atoms with Gasteiger partial charge >= 0.3 is 0 Å². The fraction of sp³-hybridized carbons (Fsp3) is 0.344. The molecule has 0 fully saturated rings. The molecule has 6 heteroatoms. The molecule has 0 aliphatic rings. The number of unbranched alkanes of at least 4 members (excludes halogenated alkanes) is 1. The molecule has 3 aromatic carbocycles. The molecular weight excluding hydrogens is 476 g/mol. The molecule has 200 valence electrons. The number of aryl methyl sites for hydroxylation is 1. The molecule has 38 heavy (non-hydrogen) atoms. The van der Waals surface area contributed by atoms with Crippen LogP contribution in [0.1, 0.15) is 36.5 Å². The Morgan fingerprint density at radius 1 is 0.947 bits per heavy atom. The number of aromatic hydroxyl groups is 1. The number of fused-ring (bicyclic) bond motifs is 1. The molecule has 1 aromatic heterocycles. The van der Waals surface area contributed by atoms with E-state index in [1.807, 2.05) is 12.1 Å². The van der Waals surface area contributed by atoms with Crippen LogP contribution in [0.25, 0.3) is 22.3 Å². The van der Waals surface area contributed by atoms with Crippen molar-refractivity contribution in [1.29, 1.82) is 0 Å². The minimum absolute atomic E-state index is 0.0628. The molecule has 0 amide bonds. The van der Waals surface area contributed by atoms with Crippen LogP contribution in [0.15, 0.2) is 69.9 Å². The molecule has 1 N–H and O–H groups in total. The smallest absolute Gasteiger partial charge is 0.204 e. The zero-order valence-corrected chi connectivity index (χ0v) is 23.1. The topological polar surface area (TPSA) is 66.2 Å². The Balaban J connectivity index is 1.40. The quantitative estimate of drug-likeness (QED) is 0.230. The van der Waals surface area contributed by atoms with Gasteiger partial charge < -0.3 is 19.2 Å². The van der Waals surface area contributed by atoms with Crippen molar-refractivity contribution in [2.24, 2.45) is 0 Å². The van der Waals surface area contributed by atoms with Crippen LogP contribution in [0.4, 0.5) is 5.69 Å². The lowest BCUT2D eigenvalue weighted by atomic mass is 10.0. The number of anilines is 1. The van der Waals surface area contributed by atoms with Crippen molar-refractivity contribution in [1.82, 2.24) is 4.90 Å². The normalized spacial score (nSPS) is 11.3. The van der Waals surface area contributed by atoms with Crippen LogP contribution in [-0.4, -0.2) is 43.8 Å². The number of nitrogens with zero attached hydrogens (tertiary/aromatic N) is 2. The van der Waals surface area contributed by atoms with E-state index in [1.54, 1.807) is 13.0 Å². The molecule has 1 heterocycles. The van der Waals surface area contributed by atoms with Crippen LogP contribution >= 0.6 is 0 Å². The van der Waals surface area contributed by atoms with E-state index >= 15 is 0 Å². The van der Waals surface area contributed by atoms with Crippen molar-refractivity contribution in [2.75, 3.05) is 38.7 Å². The maximum absolute atomic E-state index is 13.0. The van der Waals surface area contributed by atoms with E-state index in [4.69, 9.17) is 9.15 Å². The number of hydrogen-bond donors (Lipinski definition) is 1. The number of hydrogen-bond acceptors (Lipinski definition) is 6. The van der Waals surface area contributed by atoms with Crippen LogP contribution < -0.4 is 15.1 Å². The molecule has 0 aliphatic heterocycles. The Bertz CT molecular complexity index is 1440. The average Bonchev–Trinajstić information content (AvgIpc) is 2.93. The number of phenolic OH excluding ortho intramolecular Hbond substituents is 1. The second kappa shape index (κ2) is 12.2. The van der Waals surface area contributed by atoms with E-state index in [0.717, 1.165) is 50.3 Å². The van der Waals surface area contributed by atoms with Gasteiger partial charge in [-0.05, 0) is 87.3 Å². The van der Waals surface area contributed by atoms with Gasteiger partial charge in [-0.1, -0.05) is 31.2 Å². The Morgan fingerprint density at radius 2 is 1.66 bits per heavy atom. The summed E-state index contributed by atoms with van der Waals surface area (Å²) in [7, 11) is 3.55. The maximum atomic E-state index is 13.0. The summed E-state index contributed by atoms with van der Waals surface area (Å²) >= 11 is 0. The largest absolute Gasteiger partial charge is 0.504 e. The molecule has 0 saturated carbocycles. The molecular formula is C32H38N2O4. The van der Waals surface area contributed by atoms with Crippen molar-refractivity contribution in [2.45, 2.75) is 40.2 Å². The van der Waals surface area contributed by atoms with Gasteiger partial charge in [0.1, 0.15) is 5.76 Å². The minimum atomic E-state index is -0.135. The summed E-state index contributed by atoms with van der Waals surface area (Å²) in [5.41, 5.74) is 5.31. The molecule has 0 radical (unpaired) electrons. The molecule has 0 unspecified atom stereocenters. The first-order valence-corrected chi connectivity index (χ1v) is 13.3. The molecule has 4 aromatic rings. The zero-order valence-electron chi connectivity index (χ0n) is 23.1. The highest BCUT2D eigenvalue weighted by Gasteiger charge is 2.18. The maximum Gasteiger partial charge on any atom is 0.204 e. The predicted octanol–water partition coefficient (Wildman–Crippen LogP) is 6.53. The van der Waals surface area contributed by atoms with Gasteiger partial charge in [0.15, 0.2) is 16.8 Å². The fourth-order valence-corrected chi connectivity index (χ4v) is 4.85. The number of ether oxygens (including phenoxy) is 1. The molecule has 0 atom stereocenters. The van der Waals surface area contributed by atoms with Crippen molar-refractivity contribution in [3.63, 3.8) is 0 Å². The third-order valence-corrected chi connectivity index (χ3v) is 7.32. The van der Waals surface area contributed by atoms with Gasteiger partial charge in [0.05, 0.1) is 12.5 Å². The third kappa shape index (κ3) is 5.86. The van der Waals surface area contributed by atoms with Gasteiger partial charge in [0, 0.05) is 37.0 Å². The molecule has 0 saturated heterocycles. The monoisotopic (exact) mass is 514 g/mol. The highest BCUT2D eigenvalue weighted by molar-refractivity contribution is 5.87. The summed E-state index contributed by atoms with van der Waals surface area (Å²) < 4.78 is 11.4. The summed E-state index contributed by atoms with van der Waals surface area (Å²) in [5, 5.41) is 10.5. The first-order chi connectivity index (χ1) is 18.3. The van der Waals surface area contributed by atoms with Crippen LogP contribution in [0, 0.1) is 13.8 Å². The highest BCUT2D eigenvalue weighted by atomic mass is 16.5. The van der Waals surface area contributed by atoms with Crippen LogP contribution in [0.3, 0.4) is 0 Å². The van der Waals surface area contributed by atoms with Crippen molar-refractivity contribution >= 4 is 16.7 Å². The Labute approximate surface area is 225 Å². The van der Waals surface area contributed by atoms with Crippen LogP contribution in [0.2, 0.25) is 0 Å². The Hall–Kier alpha value is -3.77. The first kappa shape index (κ1) is 27.3. The second-order valence-electron chi connectivity index (χ2n) is 9.85. The minimum Gasteiger partial charge on any atom is -0.504 e. The van der Waals surface area contributed by atoms with E-state index in [-0.39, 0.29) is 22.5 Å². The summed E-state index contributed by atoms with van der Waals surface area (Å²) in [6, 6.07) is 19.7. The Morgan fingerprint density at radius 3 is 2.34 bits per heavy atom. The molecule has 0 bridgehead atoms. The second-order valence-corrected chi connectivity index (χ2v) is 9.85. The van der Waals surface area contributed by atoms with Crippen LogP contribution in [0.5, 0.6) is 11.5 Å². The SMILES string of the molecule is CCN(CCCCN(C)c1ccc(-c2oc3c(OC)c(O)ccc3c(=O)c2C)cc1)Cc1ccccc1C. The van der Waals surface area contributed by atoms with Crippen LogP contribution in [-0.2, 0) is 6.54 Å². The summed E-state index contributed by atoms with van der Waals surface area (Å²) in [4.78, 5) is 17.8. The lowest BCUT2D eigenvalue weighted by Gasteiger charge is -2.23. The van der Waals surface area contributed by atoms with Crippen molar-refractivity contribution in [3.05, 3.63) is 87.6 Å². The van der Waals surface area contributed by atoms with E-state index in [2.05, 4.69) is 67.1 Å². The summed E-state index contributed by atoms with van der Waals surface area (Å²) in [5.74, 6) is 0.582. The van der Waals surface area contributed by atoms with E-state index in [0.29, 0.717) is 16.7 Å². The van der Waals surface area contributed by atoms with E-state index in [1.165, 1.54) is 24.3 Å². The van der Waals surface area contributed by atoms with Gasteiger partial charge in [0.25, 0.3) is 0 Å². The molecule has 0 spiro atoms. The number of methoxy groups -OCH3 is 1. The zero-order chi connectivity index (χ0) is 27.2. The molecule has 4 rings (SSSR count). The van der Waals surface area contributed by atoms with Gasteiger partial charge in [-0.3, -0.25) is 9.69 Å².